The first kappa shape index (κ1) is 12.3. The lowest BCUT2D eigenvalue weighted by Gasteiger charge is -2.42. The number of rotatable bonds is 3. The third kappa shape index (κ3) is 1.91. The minimum Gasteiger partial charge on any atom is -0.480 e. The third-order valence-corrected chi connectivity index (χ3v) is 3.98. The van der Waals surface area contributed by atoms with Gasteiger partial charge in [0.2, 0.25) is 5.91 Å². The van der Waals surface area contributed by atoms with E-state index >= 15 is 0 Å². The predicted octanol–water partition coefficient (Wildman–Crippen LogP) is -0.838. The Balaban J connectivity index is 2.15. The number of carboxylic acids is 1. The Morgan fingerprint density at radius 2 is 2.06 bits per heavy atom. The van der Waals surface area contributed by atoms with E-state index in [1.54, 1.807) is 0 Å². The summed E-state index contributed by atoms with van der Waals surface area (Å²) in [6.45, 7) is 0.363. The molecule has 2 atom stereocenters. The van der Waals surface area contributed by atoms with E-state index in [1.165, 1.54) is 4.90 Å². The number of β-amino-alcohol motifs (C(OH)–C–C–N with tert-alkyl or cyclic N) is 1. The molecule has 2 fully saturated rings. The van der Waals surface area contributed by atoms with Crippen LogP contribution in [0, 0.1) is 5.41 Å². The van der Waals surface area contributed by atoms with Crippen LogP contribution in [0.1, 0.15) is 25.7 Å². The van der Waals surface area contributed by atoms with E-state index < -0.39 is 23.5 Å². The number of aliphatic hydroxyl groups is 1. The number of nitrogens with two attached hydrogens (primary N) is 1. The average Bonchev–Trinajstić information content (AvgIpc) is 2.59. The van der Waals surface area contributed by atoms with Gasteiger partial charge in [-0.05, 0) is 12.8 Å². The van der Waals surface area contributed by atoms with Gasteiger partial charge in [-0.3, -0.25) is 4.79 Å². The Hall–Kier alpha value is -1.14. The minimum absolute atomic E-state index is 0.109. The van der Waals surface area contributed by atoms with E-state index in [9.17, 15) is 14.7 Å². The van der Waals surface area contributed by atoms with Gasteiger partial charge in [-0.2, -0.15) is 0 Å². The van der Waals surface area contributed by atoms with Crippen molar-refractivity contribution in [3.05, 3.63) is 0 Å². The van der Waals surface area contributed by atoms with Crippen molar-refractivity contribution >= 4 is 11.9 Å². The van der Waals surface area contributed by atoms with Crippen molar-refractivity contribution < 1.29 is 19.8 Å². The summed E-state index contributed by atoms with van der Waals surface area (Å²) in [7, 11) is 0. The number of carbonyl (C=O) groups excluding carboxylic acids is 1. The SMILES string of the molecule is NCC1(C(=O)N2CC(O)CC2C(=O)O)CCC1. The Labute approximate surface area is 99.4 Å². The molecule has 1 aliphatic carbocycles. The van der Waals surface area contributed by atoms with E-state index in [4.69, 9.17) is 10.8 Å². The summed E-state index contributed by atoms with van der Waals surface area (Å²) in [5.74, 6) is -1.25. The van der Waals surface area contributed by atoms with Crippen LogP contribution >= 0.6 is 0 Å². The van der Waals surface area contributed by atoms with E-state index in [0.717, 1.165) is 19.3 Å². The summed E-state index contributed by atoms with van der Waals surface area (Å²) in [6, 6.07) is -0.901. The van der Waals surface area contributed by atoms with Crippen LogP contribution in [0.4, 0.5) is 0 Å². The molecule has 0 radical (unpaired) electrons. The van der Waals surface area contributed by atoms with Crippen molar-refractivity contribution in [1.82, 2.24) is 4.90 Å². The fourth-order valence-electron chi connectivity index (χ4n) is 2.69. The molecule has 0 aromatic heterocycles. The molecule has 0 bridgehead atoms. The highest BCUT2D eigenvalue weighted by atomic mass is 16.4. The fraction of sp³-hybridized carbons (Fsp3) is 0.818. The largest absolute Gasteiger partial charge is 0.480 e. The Kier molecular flexibility index (Phi) is 3.09. The highest BCUT2D eigenvalue weighted by molar-refractivity contribution is 5.89. The van der Waals surface area contributed by atoms with Gasteiger partial charge >= 0.3 is 5.97 Å². The van der Waals surface area contributed by atoms with Gasteiger partial charge in [-0.1, -0.05) is 6.42 Å². The standard InChI is InChI=1S/C11H18N2O4/c12-6-11(2-1-3-11)10(17)13-5-7(14)4-8(13)9(15)16/h7-8,14H,1-6,12H2,(H,15,16). The first-order chi connectivity index (χ1) is 8.00. The maximum atomic E-state index is 12.3. The number of hydrogen-bond donors (Lipinski definition) is 3. The van der Waals surface area contributed by atoms with Crippen LogP contribution in [0.15, 0.2) is 0 Å². The van der Waals surface area contributed by atoms with Gasteiger partial charge in [0, 0.05) is 19.5 Å². The van der Waals surface area contributed by atoms with Gasteiger partial charge in [-0.15, -0.1) is 0 Å². The lowest BCUT2D eigenvalue weighted by atomic mass is 9.67. The zero-order chi connectivity index (χ0) is 12.6. The smallest absolute Gasteiger partial charge is 0.326 e. The number of aliphatic carboxylic acids is 1. The van der Waals surface area contributed by atoms with Gasteiger partial charge in [0.15, 0.2) is 0 Å². The summed E-state index contributed by atoms with van der Waals surface area (Å²) in [6.07, 6.45) is 1.77. The van der Waals surface area contributed by atoms with E-state index in [2.05, 4.69) is 0 Å². The maximum absolute atomic E-state index is 12.3. The molecule has 96 valence electrons. The topological polar surface area (TPSA) is 104 Å². The van der Waals surface area contributed by atoms with Crippen LogP contribution in [0.25, 0.3) is 0 Å². The highest BCUT2D eigenvalue weighted by Gasteiger charge is 2.50. The second-order valence-electron chi connectivity index (χ2n) is 5.04. The minimum atomic E-state index is -1.05. The van der Waals surface area contributed by atoms with Crippen molar-refractivity contribution in [2.45, 2.75) is 37.8 Å². The van der Waals surface area contributed by atoms with Crippen molar-refractivity contribution in [3.63, 3.8) is 0 Å². The van der Waals surface area contributed by atoms with Gasteiger partial charge in [0.1, 0.15) is 6.04 Å². The summed E-state index contributed by atoms with van der Waals surface area (Å²) in [5, 5.41) is 18.6. The van der Waals surface area contributed by atoms with Crippen LogP contribution in [-0.4, -0.2) is 52.2 Å². The van der Waals surface area contributed by atoms with Crippen LogP contribution < -0.4 is 5.73 Å². The average molecular weight is 242 g/mol. The van der Waals surface area contributed by atoms with E-state index in [1.807, 2.05) is 0 Å². The molecular weight excluding hydrogens is 224 g/mol. The molecule has 1 aliphatic heterocycles. The molecule has 0 aromatic rings. The highest BCUT2D eigenvalue weighted by Crippen LogP contribution is 2.42. The zero-order valence-corrected chi connectivity index (χ0v) is 9.63. The van der Waals surface area contributed by atoms with Crippen molar-refractivity contribution in [2.75, 3.05) is 13.1 Å². The predicted molar refractivity (Wildman–Crippen MR) is 59.1 cm³/mol. The number of carbonyl (C=O) groups is 2. The first-order valence-corrected chi connectivity index (χ1v) is 5.92. The zero-order valence-electron chi connectivity index (χ0n) is 9.63. The monoisotopic (exact) mass is 242 g/mol. The van der Waals surface area contributed by atoms with Crippen molar-refractivity contribution in [1.29, 1.82) is 0 Å². The van der Waals surface area contributed by atoms with E-state index in [0.29, 0.717) is 0 Å². The van der Waals surface area contributed by atoms with E-state index in [-0.39, 0.29) is 25.4 Å². The molecular formula is C11H18N2O4. The van der Waals surface area contributed by atoms with Gasteiger partial charge in [-0.25, -0.2) is 4.79 Å². The molecule has 6 heteroatoms. The number of amides is 1. The second-order valence-corrected chi connectivity index (χ2v) is 5.04. The van der Waals surface area contributed by atoms with Crippen molar-refractivity contribution in [2.24, 2.45) is 11.1 Å². The summed E-state index contributed by atoms with van der Waals surface area (Å²) < 4.78 is 0. The fourth-order valence-corrected chi connectivity index (χ4v) is 2.69. The molecule has 6 nitrogen and oxygen atoms in total. The Bertz CT molecular complexity index is 335. The summed E-state index contributed by atoms with van der Waals surface area (Å²) in [4.78, 5) is 24.7. The van der Waals surface area contributed by atoms with Crippen LogP contribution in [0.5, 0.6) is 0 Å². The number of aliphatic hydroxyl groups excluding tert-OH is 1. The lowest BCUT2D eigenvalue weighted by molar-refractivity contribution is -0.156. The van der Waals surface area contributed by atoms with Crippen molar-refractivity contribution in [3.8, 4) is 0 Å². The quantitative estimate of drug-likeness (QED) is 0.598. The molecule has 4 N–H and O–H groups in total. The number of likely N-dealkylation sites (tertiary alicyclic amines) is 1. The molecule has 2 unspecified atom stereocenters. The summed E-state index contributed by atoms with van der Waals surface area (Å²) in [5.41, 5.74) is 5.06. The lowest BCUT2D eigenvalue weighted by Crippen LogP contribution is -2.54. The summed E-state index contributed by atoms with van der Waals surface area (Å²) >= 11 is 0. The number of hydrogen-bond acceptors (Lipinski definition) is 4. The first-order valence-electron chi connectivity index (χ1n) is 5.92. The second kappa shape index (κ2) is 4.27. The molecule has 2 rings (SSSR count). The molecule has 1 amide bonds. The van der Waals surface area contributed by atoms with Gasteiger partial charge < -0.3 is 20.8 Å². The Morgan fingerprint density at radius 1 is 1.41 bits per heavy atom. The molecule has 0 aromatic carbocycles. The van der Waals surface area contributed by atoms with Crippen LogP contribution in [-0.2, 0) is 9.59 Å². The molecule has 1 saturated carbocycles. The number of carboxylic acid groups (broad SMARTS) is 1. The van der Waals surface area contributed by atoms with Gasteiger partial charge in [0.25, 0.3) is 0 Å². The van der Waals surface area contributed by atoms with Crippen LogP contribution in [0.3, 0.4) is 0 Å². The van der Waals surface area contributed by atoms with Gasteiger partial charge in [0.05, 0.1) is 11.5 Å². The molecule has 17 heavy (non-hydrogen) atoms. The molecule has 1 saturated heterocycles. The third-order valence-electron chi connectivity index (χ3n) is 3.98. The normalized spacial score (nSPS) is 31.1. The number of nitrogens with zero attached hydrogens (tertiary/aromatic N) is 1. The Morgan fingerprint density at radius 3 is 2.47 bits per heavy atom. The molecule has 0 spiro atoms. The molecule has 1 heterocycles. The molecule has 2 aliphatic rings. The van der Waals surface area contributed by atoms with Crippen LogP contribution in [0.2, 0.25) is 0 Å². The maximum Gasteiger partial charge on any atom is 0.326 e.